The molecule has 0 atom stereocenters. The van der Waals surface area contributed by atoms with E-state index in [0.717, 1.165) is 34.8 Å². The summed E-state index contributed by atoms with van der Waals surface area (Å²) in [6.45, 7) is 8.20. The molecule has 2 heterocycles. The van der Waals surface area contributed by atoms with Crippen LogP contribution in [-0.2, 0) is 11.5 Å². The summed E-state index contributed by atoms with van der Waals surface area (Å²) in [6.07, 6.45) is 3.66. The van der Waals surface area contributed by atoms with Gasteiger partial charge in [-0.3, -0.25) is 4.98 Å². The number of rotatable bonds is 6. The van der Waals surface area contributed by atoms with Gasteiger partial charge >= 0.3 is 0 Å². The highest BCUT2D eigenvalue weighted by Gasteiger charge is 2.14. The van der Waals surface area contributed by atoms with Crippen LogP contribution in [0.4, 0.5) is 0 Å². The van der Waals surface area contributed by atoms with Crippen LogP contribution in [0.3, 0.4) is 0 Å². The van der Waals surface area contributed by atoms with Crippen molar-refractivity contribution in [3.05, 3.63) is 41.4 Å². The van der Waals surface area contributed by atoms with Gasteiger partial charge in [-0.05, 0) is 39.5 Å². The Morgan fingerprint density at radius 1 is 1.17 bits per heavy atom. The van der Waals surface area contributed by atoms with Crippen LogP contribution in [0.25, 0.3) is 22.2 Å². The zero-order valence-corrected chi connectivity index (χ0v) is 16.7. The molecule has 1 aromatic carbocycles. The Labute approximate surface area is 151 Å². The normalized spacial score (nSPS) is 12.0. The van der Waals surface area contributed by atoms with Crippen LogP contribution in [0.5, 0.6) is 0 Å². The SMILES string of the molecule is C[Si](C)(C)CCOCn1nc(Br)nc1-c1ccc2cnccc2c1. The predicted octanol–water partition coefficient (Wildman–Crippen LogP) is 4.57. The van der Waals surface area contributed by atoms with E-state index in [1.807, 2.05) is 18.3 Å². The molecule has 0 fully saturated rings. The van der Waals surface area contributed by atoms with Crippen molar-refractivity contribution in [2.75, 3.05) is 6.61 Å². The lowest BCUT2D eigenvalue weighted by atomic mass is 10.1. The highest BCUT2D eigenvalue weighted by atomic mass is 79.9. The fourth-order valence-electron chi connectivity index (χ4n) is 2.37. The summed E-state index contributed by atoms with van der Waals surface area (Å²) in [5.41, 5.74) is 1.01. The van der Waals surface area contributed by atoms with Crippen LogP contribution >= 0.6 is 15.9 Å². The second kappa shape index (κ2) is 7.12. The maximum atomic E-state index is 5.82. The average molecular weight is 405 g/mol. The molecule has 24 heavy (non-hydrogen) atoms. The van der Waals surface area contributed by atoms with E-state index in [4.69, 9.17) is 4.74 Å². The van der Waals surface area contributed by atoms with Crippen LogP contribution in [0, 0.1) is 0 Å². The summed E-state index contributed by atoms with van der Waals surface area (Å²) < 4.78 is 8.20. The third kappa shape index (κ3) is 4.28. The minimum atomic E-state index is -1.08. The number of fused-ring (bicyclic) bond motifs is 1. The lowest BCUT2D eigenvalue weighted by Gasteiger charge is -2.15. The average Bonchev–Trinajstić information content (AvgIpc) is 2.91. The van der Waals surface area contributed by atoms with Crippen molar-refractivity contribution in [1.82, 2.24) is 19.7 Å². The first-order valence-corrected chi connectivity index (χ1v) is 12.4. The van der Waals surface area contributed by atoms with E-state index in [0.29, 0.717) is 11.5 Å². The smallest absolute Gasteiger partial charge is 0.217 e. The highest BCUT2D eigenvalue weighted by molar-refractivity contribution is 9.10. The number of nitrogens with zero attached hydrogens (tertiary/aromatic N) is 4. The summed E-state index contributed by atoms with van der Waals surface area (Å²) in [5.74, 6) is 0.800. The molecule has 0 saturated carbocycles. The number of hydrogen-bond donors (Lipinski definition) is 0. The molecule has 2 aromatic heterocycles. The Kier molecular flexibility index (Phi) is 5.12. The Morgan fingerprint density at radius 2 is 2.00 bits per heavy atom. The molecule has 3 aromatic rings. The Balaban J connectivity index is 1.80. The van der Waals surface area contributed by atoms with Gasteiger partial charge in [0.25, 0.3) is 0 Å². The second-order valence-corrected chi connectivity index (χ2v) is 13.3. The standard InChI is InChI=1S/C17H21BrN4OSi/c1-24(2,3)9-8-23-12-22-16(20-17(18)21-22)14-4-5-15-11-19-7-6-13(15)10-14/h4-7,10-11H,8-9,12H2,1-3H3. The van der Waals surface area contributed by atoms with E-state index in [1.54, 1.807) is 10.9 Å². The second-order valence-electron chi connectivity index (χ2n) is 6.99. The molecule has 5 nitrogen and oxygen atoms in total. The molecule has 0 aliphatic rings. The number of hydrogen-bond acceptors (Lipinski definition) is 4. The minimum Gasteiger partial charge on any atom is -0.359 e. The zero-order chi connectivity index (χ0) is 17.2. The van der Waals surface area contributed by atoms with Crippen molar-refractivity contribution >= 4 is 34.8 Å². The largest absolute Gasteiger partial charge is 0.359 e. The molecule has 0 aliphatic heterocycles. The summed E-state index contributed by atoms with van der Waals surface area (Å²) in [4.78, 5) is 8.65. The molecule has 7 heteroatoms. The topological polar surface area (TPSA) is 52.8 Å². The first-order valence-electron chi connectivity index (χ1n) is 7.95. The maximum Gasteiger partial charge on any atom is 0.217 e. The van der Waals surface area contributed by atoms with Gasteiger partial charge in [0.15, 0.2) is 5.82 Å². The molecule has 3 rings (SSSR count). The lowest BCUT2D eigenvalue weighted by molar-refractivity contribution is 0.0794. The van der Waals surface area contributed by atoms with Gasteiger partial charge in [-0.25, -0.2) is 9.67 Å². The van der Waals surface area contributed by atoms with Gasteiger partial charge in [0.1, 0.15) is 6.73 Å². The van der Waals surface area contributed by atoms with Crippen LogP contribution < -0.4 is 0 Å². The molecule has 0 N–H and O–H groups in total. The van der Waals surface area contributed by atoms with Crippen molar-refractivity contribution in [2.45, 2.75) is 32.4 Å². The van der Waals surface area contributed by atoms with E-state index < -0.39 is 8.07 Å². The quantitative estimate of drug-likeness (QED) is 0.445. The first-order chi connectivity index (χ1) is 11.4. The highest BCUT2D eigenvalue weighted by Crippen LogP contribution is 2.24. The molecule has 0 amide bonds. The van der Waals surface area contributed by atoms with Crippen molar-refractivity contribution < 1.29 is 4.74 Å². The van der Waals surface area contributed by atoms with E-state index in [-0.39, 0.29) is 0 Å². The molecule has 126 valence electrons. The van der Waals surface area contributed by atoms with Crippen molar-refractivity contribution in [1.29, 1.82) is 0 Å². The number of halogens is 1. The first kappa shape index (κ1) is 17.3. The van der Waals surface area contributed by atoms with Crippen LogP contribution in [-0.4, -0.2) is 34.4 Å². The number of ether oxygens (including phenoxy) is 1. The van der Waals surface area contributed by atoms with Gasteiger partial charge in [-0.1, -0.05) is 31.8 Å². The van der Waals surface area contributed by atoms with Gasteiger partial charge in [0.05, 0.1) is 0 Å². The van der Waals surface area contributed by atoms with E-state index in [1.165, 1.54) is 0 Å². The van der Waals surface area contributed by atoms with Gasteiger partial charge in [0, 0.05) is 38.0 Å². The third-order valence-corrected chi connectivity index (χ3v) is 5.79. The van der Waals surface area contributed by atoms with E-state index in [9.17, 15) is 0 Å². The molecular weight excluding hydrogens is 384 g/mol. The summed E-state index contributed by atoms with van der Waals surface area (Å²) in [5, 5.41) is 6.64. The molecule has 0 unspecified atom stereocenters. The fraction of sp³-hybridized carbons (Fsp3) is 0.353. The third-order valence-electron chi connectivity index (χ3n) is 3.75. The van der Waals surface area contributed by atoms with Gasteiger partial charge in [0.2, 0.25) is 4.73 Å². The van der Waals surface area contributed by atoms with Gasteiger partial charge in [-0.2, -0.15) is 0 Å². The maximum absolute atomic E-state index is 5.82. The molecule has 0 bridgehead atoms. The van der Waals surface area contributed by atoms with Gasteiger partial charge < -0.3 is 4.74 Å². The molecular formula is C17H21BrN4OSi. The summed E-state index contributed by atoms with van der Waals surface area (Å²) >= 11 is 3.37. The Bertz CT molecular complexity index is 844. The molecule has 0 aliphatic carbocycles. The van der Waals surface area contributed by atoms with Gasteiger partial charge in [-0.15, -0.1) is 5.10 Å². The number of aromatic nitrogens is 4. The fourth-order valence-corrected chi connectivity index (χ4v) is 3.49. The van der Waals surface area contributed by atoms with Crippen LogP contribution in [0.2, 0.25) is 25.7 Å². The zero-order valence-electron chi connectivity index (χ0n) is 14.2. The summed E-state index contributed by atoms with van der Waals surface area (Å²) in [7, 11) is -1.08. The Morgan fingerprint density at radius 3 is 2.79 bits per heavy atom. The van der Waals surface area contributed by atoms with Crippen molar-refractivity contribution in [3.8, 4) is 11.4 Å². The molecule has 0 spiro atoms. The Hall–Kier alpha value is -1.57. The lowest BCUT2D eigenvalue weighted by Crippen LogP contribution is -2.22. The molecule has 0 saturated heterocycles. The van der Waals surface area contributed by atoms with Crippen LogP contribution in [0.15, 0.2) is 41.4 Å². The number of pyridine rings is 1. The molecule has 0 radical (unpaired) electrons. The van der Waals surface area contributed by atoms with Crippen molar-refractivity contribution in [2.24, 2.45) is 0 Å². The minimum absolute atomic E-state index is 0.410. The van der Waals surface area contributed by atoms with Crippen molar-refractivity contribution in [3.63, 3.8) is 0 Å². The van der Waals surface area contributed by atoms with E-state index in [2.05, 4.69) is 62.8 Å². The monoisotopic (exact) mass is 404 g/mol. The predicted molar refractivity (Wildman–Crippen MR) is 103 cm³/mol. The van der Waals surface area contributed by atoms with E-state index >= 15 is 0 Å². The van der Waals surface area contributed by atoms with Crippen LogP contribution in [0.1, 0.15) is 0 Å². The number of benzene rings is 1. The summed E-state index contributed by atoms with van der Waals surface area (Å²) in [6, 6.07) is 9.34.